The molecule has 1 atom stereocenters. The number of methoxy groups -OCH3 is 1. The molecule has 0 bridgehead atoms. The number of piperazine rings is 1. The summed E-state index contributed by atoms with van der Waals surface area (Å²) < 4.78 is 4.95. The Bertz CT molecular complexity index is 604. The first kappa shape index (κ1) is 19.8. The summed E-state index contributed by atoms with van der Waals surface area (Å²) in [5.74, 6) is 0.183. The average Bonchev–Trinajstić information content (AvgIpc) is 3.03. The molecular weight excluding hydrogens is 340 g/mol. The number of ether oxygens (including phenoxy) is 1. The van der Waals surface area contributed by atoms with Gasteiger partial charge < -0.3 is 19.4 Å². The first-order valence-electron chi connectivity index (χ1n) is 8.49. The lowest BCUT2D eigenvalue weighted by molar-refractivity contribution is -0.150. The maximum atomic E-state index is 12.9. The Morgan fingerprint density at radius 1 is 1.44 bits per heavy atom. The van der Waals surface area contributed by atoms with Crippen LogP contribution in [-0.2, 0) is 20.9 Å². The van der Waals surface area contributed by atoms with E-state index in [4.69, 9.17) is 4.74 Å². The van der Waals surface area contributed by atoms with Gasteiger partial charge in [0.2, 0.25) is 11.8 Å². The largest absolute Gasteiger partial charge is 0.375 e. The van der Waals surface area contributed by atoms with Gasteiger partial charge in [-0.2, -0.15) is 0 Å². The fraction of sp³-hybridized carbons (Fsp3) is 0.706. The van der Waals surface area contributed by atoms with E-state index < -0.39 is 6.04 Å². The number of aromatic nitrogens is 1. The van der Waals surface area contributed by atoms with Crippen molar-refractivity contribution >= 4 is 23.2 Å². The third-order valence-corrected chi connectivity index (χ3v) is 5.49. The molecule has 1 fully saturated rings. The quantitative estimate of drug-likeness (QED) is 0.750. The van der Waals surface area contributed by atoms with E-state index >= 15 is 0 Å². The standard InChI is InChI=1S/C17H28N4O3S/c1-12(2)16-18-13(11-25-16)8-20(4)17(23)14-9-19(3)6-7-21(14)15(22)10-24-5/h11-12,14H,6-10H2,1-5H3. The van der Waals surface area contributed by atoms with E-state index in [1.165, 1.54) is 7.11 Å². The molecule has 2 rings (SSSR count). The second-order valence-corrected chi connectivity index (χ2v) is 7.71. The number of hydrogen-bond acceptors (Lipinski definition) is 6. The van der Waals surface area contributed by atoms with Crippen LogP contribution in [0, 0.1) is 0 Å². The van der Waals surface area contributed by atoms with Crippen molar-refractivity contribution in [1.82, 2.24) is 19.7 Å². The van der Waals surface area contributed by atoms with Crippen LogP contribution in [0.25, 0.3) is 0 Å². The van der Waals surface area contributed by atoms with Gasteiger partial charge in [0.25, 0.3) is 0 Å². The van der Waals surface area contributed by atoms with Gasteiger partial charge in [0.05, 0.1) is 17.2 Å². The minimum Gasteiger partial charge on any atom is -0.375 e. The van der Waals surface area contributed by atoms with Crippen LogP contribution < -0.4 is 0 Å². The summed E-state index contributed by atoms with van der Waals surface area (Å²) >= 11 is 1.62. The van der Waals surface area contributed by atoms with Crippen LogP contribution in [0.3, 0.4) is 0 Å². The number of likely N-dealkylation sites (N-methyl/N-ethyl adjacent to an activating group) is 2. The van der Waals surface area contributed by atoms with Crippen molar-refractivity contribution in [2.24, 2.45) is 0 Å². The summed E-state index contributed by atoms with van der Waals surface area (Å²) in [5, 5.41) is 3.07. The number of amides is 2. The Morgan fingerprint density at radius 2 is 2.16 bits per heavy atom. The minimum atomic E-state index is -0.477. The van der Waals surface area contributed by atoms with Gasteiger partial charge in [-0.15, -0.1) is 11.3 Å². The zero-order valence-corrected chi connectivity index (χ0v) is 16.5. The lowest BCUT2D eigenvalue weighted by atomic mass is 10.1. The summed E-state index contributed by atoms with van der Waals surface area (Å²) in [6.07, 6.45) is 0. The van der Waals surface area contributed by atoms with E-state index in [1.807, 2.05) is 12.4 Å². The molecular formula is C17H28N4O3S. The molecule has 2 amide bonds. The maximum absolute atomic E-state index is 12.9. The van der Waals surface area contributed by atoms with Crippen molar-refractivity contribution in [2.45, 2.75) is 32.4 Å². The molecule has 1 aliphatic heterocycles. The van der Waals surface area contributed by atoms with Crippen molar-refractivity contribution in [2.75, 3.05) is 47.4 Å². The van der Waals surface area contributed by atoms with Gasteiger partial charge in [0, 0.05) is 45.1 Å². The van der Waals surface area contributed by atoms with Gasteiger partial charge in [-0.05, 0) is 7.05 Å². The first-order valence-corrected chi connectivity index (χ1v) is 9.37. The van der Waals surface area contributed by atoms with Gasteiger partial charge >= 0.3 is 0 Å². The zero-order chi connectivity index (χ0) is 18.6. The molecule has 0 radical (unpaired) electrons. The highest BCUT2D eigenvalue weighted by molar-refractivity contribution is 7.09. The maximum Gasteiger partial charge on any atom is 0.249 e. The smallest absolute Gasteiger partial charge is 0.249 e. The molecule has 0 saturated carbocycles. The number of carbonyl (C=O) groups excluding carboxylic acids is 2. The summed E-state index contributed by atoms with van der Waals surface area (Å²) in [7, 11) is 5.23. The molecule has 0 aliphatic carbocycles. The monoisotopic (exact) mass is 368 g/mol. The molecule has 1 aliphatic rings. The fourth-order valence-electron chi connectivity index (χ4n) is 2.87. The van der Waals surface area contributed by atoms with Gasteiger partial charge in [0.15, 0.2) is 0 Å². The zero-order valence-electron chi connectivity index (χ0n) is 15.7. The van der Waals surface area contributed by atoms with Crippen molar-refractivity contribution in [3.05, 3.63) is 16.1 Å². The molecule has 0 N–H and O–H groups in total. The molecule has 25 heavy (non-hydrogen) atoms. The van der Waals surface area contributed by atoms with Crippen LogP contribution in [0.15, 0.2) is 5.38 Å². The second kappa shape index (κ2) is 8.73. The van der Waals surface area contributed by atoms with Crippen LogP contribution in [0.5, 0.6) is 0 Å². The van der Waals surface area contributed by atoms with Crippen molar-refractivity contribution in [3.63, 3.8) is 0 Å². The number of carbonyl (C=O) groups is 2. The van der Waals surface area contributed by atoms with Gasteiger partial charge in [-0.25, -0.2) is 4.98 Å². The van der Waals surface area contributed by atoms with Crippen LogP contribution in [0.2, 0.25) is 0 Å². The van der Waals surface area contributed by atoms with E-state index in [0.717, 1.165) is 17.2 Å². The van der Waals surface area contributed by atoms with Gasteiger partial charge in [-0.1, -0.05) is 13.8 Å². The van der Waals surface area contributed by atoms with Gasteiger partial charge in [-0.3, -0.25) is 9.59 Å². The molecule has 2 heterocycles. The molecule has 0 spiro atoms. The van der Waals surface area contributed by atoms with Crippen molar-refractivity contribution < 1.29 is 14.3 Å². The van der Waals surface area contributed by atoms with Gasteiger partial charge in [0.1, 0.15) is 12.6 Å². The Labute approximate surface area is 153 Å². The predicted molar refractivity (Wildman–Crippen MR) is 97.6 cm³/mol. The molecule has 1 unspecified atom stereocenters. The summed E-state index contributed by atoms with van der Waals surface area (Å²) in [6, 6.07) is -0.477. The molecule has 7 nitrogen and oxygen atoms in total. The molecule has 8 heteroatoms. The Hall–Kier alpha value is -1.51. The Morgan fingerprint density at radius 3 is 2.76 bits per heavy atom. The molecule has 1 saturated heterocycles. The Kier molecular flexibility index (Phi) is 6.92. The lowest BCUT2D eigenvalue weighted by Gasteiger charge is -2.40. The highest BCUT2D eigenvalue weighted by Gasteiger charge is 2.35. The number of nitrogens with zero attached hydrogens (tertiary/aromatic N) is 4. The van der Waals surface area contributed by atoms with E-state index in [-0.39, 0.29) is 18.4 Å². The highest BCUT2D eigenvalue weighted by Crippen LogP contribution is 2.20. The summed E-state index contributed by atoms with van der Waals surface area (Å²) in [4.78, 5) is 35.2. The lowest BCUT2D eigenvalue weighted by Crippen LogP contribution is -2.60. The molecule has 140 valence electrons. The Balaban J connectivity index is 2.07. The topological polar surface area (TPSA) is 66.0 Å². The van der Waals surface area contributed by atoms with Crippen LogP contribution in [-0.4, -0.2) is 85.0 Å². The second-order valence-electron chi connectivity index (χ2n) is 6.82. The summed E-state index contributed by atoms with van der Waals surface area (Å²) in [5.41, 5.74) is 0.892. The van der Waals surface area contributed by atoms with Crippen LogP contribution in [0.1, 0.15) is 30.5 Å². The summed E-state index contributed by atoms with van der Waals surface area (Å²) in [6.45, 7) is 6.50. The van der Waals surface area contributed by atoms with Crippen LogP contribution >= 0.6 is 11.3 Å². The van der Waals surface area contributed by atoms with Crippen LogP contribution in [0.4, 0.5) is 0 Å². The fourth-order valence-corrected chi connectivity index (χ4v) is 3.70. The number of thiazole rings is 1. The van der Waals surface area contributed by atoms with E-state index in [1.54, 1.807) is 28.2 Å². The molecule has 1 aromatic rings. The highest BCUT2D eigenvalue weighted by atomic mass is 32.1. The molecule has 0 aromatic carbocycles. The van der Waals surface area contributed by atoms with E-state index in [2.05, 4.69) is 23.7 Å². The van der Waals surface area contributed by atoms with Crippen molar-refractivity contribution in [3.8, 4) is 0 Å². The third-order valence-electron chi connectivity index (χ3n) is 4.30. The molecule has 1 aromatic heterocycles. The number of rotatable bonds is 6. The van der Waals surface area contributed by atoms with E-state index in [9.17, 15) is 9.59 Å². The average molecular weight is 369 g/mol. The number of hydrogen-bond donors (Lipinski definition) is 0. The minimum absolute atomic E-state index is 0.00103. The van der Waals surface area contributed by atoms with Crippen molar-refractivity contribution in [1.29, 1.82) is 0 Å². The van der Waals surface area contributed by atoms with E-state index in [0.29, 0.717) is 25.6 Å². The third kappa shape index (κ3) is 4.99. The SMILES string of the molecule is COCC(=O)N1CCN(C)CC1C(=O)N(C)Cc1csc(C(C)C)n1. The predicted octanol–water partition coefficient (Wildman–Crippen LogP) is 1.01. The normalized spacial score (nSPS) is 18.6. The first-order chi connectivity index (χ1) is 11.8.